The molecule has 1 aromatic rings. The fraction of sp³-hybridized carbons (Fsp3) is 0.333. The van der Waals surface area contributed by atoms with Gasteiger partial charge < -0.3 is 4.74 Å². The maximum Gasteiger partial charge on any atom is 0.412 e. The van der Waals surface area contributed by atoms with E-state index >= 15 is 0 Å². The van der Waals surface area contributed by atoms with E-state index in [2.05, 4.69) is 5.32 Å². The first-order valence-corrected chi connectivity index (χ1v) is 5.39. The number of carbonyl (C=O) groups is 1. The lowest BCUT2D eigenvalue weighted by atomic mass is 10.2. The molecule has 0 saturated heterocycles. The Bertz CT molecular complexity index is 382. The van der Waals surface area contributed by atoms with Crippen LogP contribution in [-0.2, 0) is 4.74 Å². The lowest BCUT2D eigenvalue weighted by Gasteiger charge is -2.19. The zero-order chi connectivity index (χ0) is 12.2. The summed E-state index contributed by atoms with van der Waals surface area (Å²) in [4.78, 5) is 11.8. The molecule has 1 amide bonds. The van der Waals surface area contributed by atoms with Gasteiger partial charge in [0.25, 0.3) is 0 Å². The fourth-order valence-corrected chi connectivity index (χ4v) is 1.28. The zero-order valence-corrected chi connectivity index (χ0v) is 10.4. The third-order valence-corrected chi connectivity index (χ3v) is 1.99. The van der Waals surface area contributed by atoms with Crippen molar-refractivity contribution in [1.29, 1.82) is 0 Å². The highest BCUT2D eigenvalue weighted by molar-refractivity contribution is 7.80. The summed E-state index contributed by atoms with van der Waals surface area (Å²) >= 11 is 5.07. The summed E-state index contributed by atoms with van der Waals surface area (Å²) in [5.74, 6) is 0. The standard InChI is InChI=1S/C12H15NO2S/c1-12(2,3)15-11(14)13-10(16)9-7-5-4-6-8-9/h4-8H,1-3H3,(H,13,14,16). The molecule has 0 spiro atoms. The van der Waals surface area contributed by atoms with Crippen LogP contribution in [0.4, 0.5) is 4.79 Å². The maximum atomic E-state index is 11.4. The van der Waals surface area contributed by atoms with E-state index in [0.29, 0.717) is 4.99 Å². The highest BCUT2D eigenvalue weighted by atomic mass is 32.1. The Hall–Kier alpha value is -1.42. The number of hydrogen-bond donors (Lipinski definition) is 1. The van der Waals surface area contributed by atoms with Crippen LogP contribution >= 0.6 is 12.2 Å². The molecule has 1 rings (SSSR count). The highest BCUT2D eigenvalue weighted by Crippen LogP contribution is 2.07. The summed E-state index contributed by atoms with van der Waals surface area (Å²) in [6, 6.07) is 9.27. The van der Waals surface area contributed by atoms with Crippen LogP contribution in [0.2, 0.25) is 0 Å². The number of nitrogens with one attached hydrogen (secondary N) is 1. The van der Waals surface area contributed by atoms with Crippen molar-refractivity contribution in [2.45, 2.75) is 26.4 Å². The van der Waals surface area contributed by atoms with Crippen molar-refractivity contribution >= 4 is 23.3 Å². The minimum absolute atomic E-state index is 0.370. The Labute approximate surface area is 101 Å². The van der Waals surface area contributed by atoms with Crippen LogP contribution in [0.25, 0.3) is 0 Å². The van der Waals surface area contributed by atoms with Crippen LogP contribution in [-0.4, -0.2) is 16.7 Å². The Kier molecular flexibility index (Phi) is 4.01. The van der Waals surface area contributed by atoms with Crippen molar-refractivity contribution in [3.8, 4) is 0 Å². The van der Waals surface area contributed by atoms with Crippen molar-refractivity contribution in [2.24, 2.45) is 0 Å². The second kappa shape index (κ2) is 5.07. The molecule has 16 heavy (non-hydrogen) atoms. The average molecular weight is 237 g/mol. The zero-order valence-electron chi connectivity index (χ0n) is 9.61. The number of alkyl carbamates (subject to hydrolysis) is 1. The molecule has 4 heteroatoms. The first-order chi connectivity index (χ1) is 7.38. The number of thiocarbonyl (C=S) groups is 1. The highest BCUT2D eigenvalue weighted by Gasteiger charge is 2.17. The second-order valence-corrected chi connectivity index (χ2v) is 4.73. The van der Waals surface area contributed by atoms with Crippen molar-refractivity contribution in [3.63, 3.8) is 0 Å². The molecule has 1 N–H and O–H groups in total. The van der Waals surface area contributed by atoms with Gasteiger partial charge in [-0.15, -0.1) is 0 Å². The van der Waals surface area contributed by atoms with Gasteiger partial charge >= 0.3 is 6.09 Å². The summed E-state index contributed by atoms with van der Waals surface area (Å²) < 4.78 is 5.09. The Morgan fingerprint density at radius 2 is 1.81 bits per heavy atom. The van der Waals surface area contributed by atoms with E-state index in [4.69, 9.17) is 17.0 Å². The number of carbonyl (C=O) groups excluding carboxylic acids is 1. The van der Waals surface area contributed by atoms with Crippen LogP contribution < -0.4 is 5.32 Å². The first kappa shape index (κ1) is 12.6. The van der Waals surface area contributed by atoms with Gasteiger partial charge in [0.1, 0.15) is 10.6 Å². The van der Waals surface area contributed by atoms with Gasteiger partial charge in [-0.05, 0) is 20.8 Å². The van der Waals surface area contributed by atoms with Crippen LogP contribution in [0.15, 0.2) is 30.3 Å². The summed E-state index contributed by atoms with van der Waals surface area (Å²) in [6.07, 6.45) is -0.527. The van der Waals surface area contributed by atoms with Gasteiger partial charge in [-0.3, -0.25) is 5.32 Å². The molecule has 3 nitrogen and oxygen atoms in total. The lowest BCUT2D eigenvalue weighted by Crippen LogP contribution is -2.35. The molecule has 0 aliphatic heterocycles. The molecule has 0 aliphatic carbocycles. The molecule has 86 valence electrons. The Balaban J connectivity index is 2.56. The third kappa shape index (κ3) is 4.40. The summed E-state index contributed by atoms with van der Waals surface area (Å²) in [5, 5.41) is 2.52. The predicted octanol–water partition coefficient (Wildman–Crippen LogP) is 2.89. The number of amides is 1. The average Bonchev–Trinajstić information content (AvgIpc) is 2.16. The van der Waals surface area contributed by atoms with Gasteiger partial charge in [0.05, 0.1) is 0 Å². The van der Waals surface area contributed by atoms with Crippen LogP contribution in [0.3, 0.4) is 0 Å². The molecular weight excluding hydrogens is 222 g/mol. The smallest absolute Gasteiger partial charge is 0.412 e. The van der Waals surface area contributed by atoms with Crippen LogP contribution in [0.1, 0.15) is 26.3 Å². The largest absolute Gasteiger partial charge is 0.444 e. The molecule has 0 radical (unpaired) electrons. The van der Waals surface area contributed by atoms with Crippen molar-refractivity contribution in [2.75, 3.05) is 0 Å². The van der Waals surface area contributed by atoms with E-state index in [0.717, 1.165) is 5.56 Å². The third-order valence-electron chi connectivity index (χ3n) is 1.65. The molecule has 0 aliphatic rings. The maximum absolute atomic E-state index is 11.4. The molecule has 0 bridgehead atoms. The number of benzene rings is 1. The quantitative estimate of drug-likeness (QED) is 0.763. The monoisotopic (exact) mass is 237 g/mol. The molecule has 0 aromatic heterocycles. The minimum atomic E-state index is -0.527. The number of rotatable bonds is 1. The van der Waals surface area contributed by atoms with Gasteiger partial charge in [0.2, 0.25) is 0 Å². The molecular formula is C12H15NO2S. The van der Waals surface area contributed by atoms with Crippen molar-refractivity contribution < 1.29 is 9.53 Å². The SMILES string of the molecule is CC(C)(C)OC(=O)NC(=S)c1ccccc1. The summed E-state index contributed by atoms with van der Waals surface area (Å²) in [6.45, 7) is 5.41. The summed E-state index contributed by atoms with van der Waals surface area (Å²) in [7, 11) is 0. The van der Waals surface area contributed by atoms with Gasteiger partial charge in [-0.1, -0.05) is 42.5 Å². The van der Waals surface area contributed by atoms with Gasteiger partial charge in [0.15, 0.2) is 0 Å². The lowest BCUT2D eigenvalue weighted by molar-refractivity contribution is 0.0564. The normalized spacial score (nSPS) is 10.7. The first-order valence-electron chi connectivity index (χ1n) is 4.98. The second-order valence-electron chi connectivity index (χ2n) is 4.32. The summed E-state index contributed by atoms with van der Waals surface area (Å²) in [5.41, 5.74) is 0.277. The molecule has 0 unspecified atom stereocenters. The Morgan fingerprint density at radius 3 is 2.31 bits per heavy atom. The topological polar surface area (TPSA) is 38.3 Å². The van der Waals surface area contributed by atoms with Gasteiger partial charge in [0, 0.05) is 5.56 Å². The fourth-order valence-electron chi connectivity index (χ4n) is 1.06. The van der Waals surface area contributed by atoms with Crippen molar-refractivity contribution in [1.82, 2.24) is 5.32 Å². The van der Waals surface area contributed by atoms with Crippen molar-refractivity contribution in [3.05, 3.63) is 35.9 Å². The minimum Gasteiger partial charge on any atom is -0.444 e. The Morgan fingerprint density at radius 1 is 1.25 bits per heavy atom. The van der Waals surface area contributed by atoms with E-state index in [-0.39, 0.29) is 0 Å². The molecule has 0 atom stereocenters. The predicted molar refractivity (Wildman–Crippen MR) is 67.5 cm³/mol. The molecule has 0 heterocycles. The van der Waals surface area contributed by atoms with E-state index in [1.165, 1.54) is 0 Å². The van der Waals surface area contributed by atoms with E-state index in [1.807, 2.05) is 30.3 Å². The van der Waals surface area contributed by atoms with Gasteiger partial charge in [-0.2, -0.15) is 0 Å². The molecule has 1 aromatic carbocycles. The van der Waals surface area contributed by atoms with Crippen LogP contribution in [0, 0.1) is 0 Å². The number of hydrogen-bond acceptors (Lipinski definition) is 3. The van der Waals surface area contributed by atoms with E-state index in [9.17, 15) is 4.79 Å². The molecule has 0 fully saturated rings. The van der Waals surface area contributed by atoms with Crippen LogP contribution in [0.5, 0.6) is 0 Å². The van der Waals surface area contributed by atoms with E-state index < -0.39 is 11.7 Å². The molecule has 0 saturated carbocycles. The number of ether oxygens (including phenoxy) is 1. The van der Waals surface area contributed by atoms with E-state index in [1.54, 1.807) is 20.8 Å². The van der Waals surface area contributed by atoms with Gasteiger partial charge in [-0.25, -0.2) is 4.79 Å².